The Hall–Kier alpha value is -0.175. The molecule has 0 aliphatic heterocycles. The highest BCUT2D eigenvalue weighted by atomic mass is 35.5. The first kappa shape index (κ1) is 8.92. The Morgan fingerprint density at radius 1 is 1.18 bits per heavy atom. The molecular formula is C7H7BCl2O. The van der Waals surface area contributed by atoms with Crippen molar-refractivity contribution in [2.75, 3.05) is 0 Å². The maximum atomic E-state index is 9.16. The lowest BCUT2D eigenvalue weighted by Gasteiger charge is -2.01. The maximum Gasteiger partial charge on any atom is 0.320 e. The molecule has 0 atom stereocenters. The molecule has 11 heavy (non-hydrogen) atoms. The molecule has 0 saturated heterocycles. The molecule has 0 amide bonds. The number of rotatable bonds is 1. The lowest BCUT2D eigenvalue weighted by molar-refractivity contribution is 0.594. The third-order valence-electron chi connectivity index (χ3n) is 1.37. The van der Waals surface area contributed by atoms with Crippen molar-refractivity contribution in [3.05, 3.63) is 28.2 Å². The molecule has 0 unspecified atom stereocenters. The van der Waals surface area contributed by atoms with E-state index in [4.69, 9.17) is 28.2 Å². The lowest BCUT2D eigenvalue weighted by atomic mass is 9.64. The van der Waals surface area contributed by atoms with Crippen LogP contribution in [0.3, 0.4) is 0 Å². The van der Waals surface area contributed by atoms with Gasteiger partial charge in [0.1, 0.15) is 0 Å². The zero-order valence-electron chi connectivity index (χ0n) is 6.01. The third kappa shape index (κ3) is 2.40. The van der Waals surface area contributed by atoms with Crippen LogP contribution in [0.5, 0.6) is 0 Å². The number of halogens is 2. The standard InChI is InChI=1S/C7H7BCl2O/c1-8(11)5-2-6(9)4-7(10)3-5/h2-4,11H,1H3. The summed E-state index contributed by atoms with van der Waals surface area (Å²) in [7, 11) is 0. The summed E-state index contributed by atoms with van der Waals surface area (Å²) in [4.78, 5) is 0. The van der Waals surface area contributed by atoms with Crippen LogP contribution >= 0.6 is 23.2 Å². The fourth-order valence-electron chi connectivity index (χ4n) is 0.816. The first-order chi connectivity index (χ1) is 5.09. The van der Waals surface area contributed by atoms with Gasteiger partial charge in [-0.25, -0.2) is 0 Å². The van der Waals surface area contributed by atoms with Gasteiger partial charge < -0.3 is 5.02 Å². The van der Waals surface area contributed by atoms with Crippen molar-refractivity contribution in [3.63, 3.8) is 0 Å². The average Bonchev–Trinajstić information content (AvgIpc) is 1.85. The van der Waals surface area contributed by atoms with E-state index in [1.165, 1.54) is 0 Å². The monoisotopic (exact) mass is 188 g/mol. The summed E-state index contributed by atoms with van der Waals surface area (Å²) in [5.41, 5.74) is 0.738. The molecule has 0 radical (unpaired) electrons. The van der Waals surface area contributed by atoms with Gasteiger partial charge >= 0.3 is 6.92 Å². The van der Waals surface area contributed by atoms with Crippen LogP contribution in [0.1, 0.15) is 0 Å². The van der Waals surface area contributed by atoms with E-state index in [0.717, 1.165) is 5.46 Å². The van der Waals surface area contributed by atoms with Crippen LogP contribution in [0.4, 0.5) is 0 Å². The first-order valence-corrected chi connectivity index (χ1v) is 3.99. The van der Waals surface area contributed by atoms with E-state index in [9.17, 15) is 0 Å². The van der Waals surface area contributed by atoms with Gasteiger partial charge in [-0.05, 0) is 23.7 Å². The third-order valence-corrected chi connectivity index (χ3v) is 1.80. The predicted molar refractivity (Wildman–Crippen MR) is 49.9 cm³/mol. The van der Waals surface area contributed by atoms with Crippen molar-refractivity contribution in [2.24, 2.45) is 0 Å². The van der Waals surface area contributed by atoms with Crippen molar-refractivity contribution in [1.29, 1.82) is 0 Å². The van der Waals surface area contributed by atoms with Gasteiger partial charge in [0.2, 0.25) is 0 Å². The SMILES string of the molecule is CB(O)c1cc(Cl)cc(Cl)c1. The zero-order valence-corrected chi connectivity index (χ0v) is 7.52. The van der Waals surface area contributed by atoms with Gasteiger partial charge in [0.15, 0.2) is 0 Å². The molecule has 0 heterocycles. The highest BCUT2D eigenvalue weighted by molar-refractivity contribution is 6.65. The normalized spacial score (nSPS) is 9.82. The molecule has 1 rings (SSSR count). The average molecular weight is 189 g/mol. The van der Waals surface area contributed by atoms with E-state index in [1.54, 1.807) is 25.0 Å². The van der Waals surface area contributed by atoms with E-state index < -0.39 is 6.92 Å². The van der Waals surface area contributed by atoms with Gasteiger partial charge in [-0.15, -0.1) is 0 Å². The smallest absolute Gasteiger partial charge is 0.320 e. The summed E-state index contributed by atoms with van der Waals surface area (Å²) < 4.78 is 0. The minimum atomic E-state index is -0.522. The summed E-state index contributed by atoms with van der Waals surface area (Å²) in [5, 5.41) is 10.3. The number of hydrogen-bond acceptors (Lipinski definition) is 1. The van der Waals surface area contributed by atoms with Gasteiger partial charge in [-0.3, -0.25) is 0 Å². The molecule has 0 saturated carbocycles. The fourth-order valence-corrected chi connectivity index (χ4v) is 1.36. The number of hydrogen-bond donors (Lipinski definition) is 1. The minimum Gasteiger partial charge on any atom is -0.446 e. The van der Waals surface area contributed by atoms with Gasteiger partial charge in [0, 0.05) is 10.0 Å². The summed E-state index contributed by atoms with van der Waals surface area (Å²) in [6, 6.07) is 5.02. The molecule has 0 aromatic heterocycles. The van der Waals surface area contributed by atoms with Crippen LogP contribution < -0.4 is 5.46 Å². The van der Waals surface area contributed by atoms with E-state index in [0.29, 0.717) is 10.0 Å². The molecule has 0 bridgehead atoms. The molecule has 0 aliphatic rings. The highest BCUT2D eigenvalue weighted by Crippen LogP contribution is 2.13. The fraction of sp³-hybridized carbons (Fsp3) is 0.143. The molecule has 0 fully saturated rings. The van der Waals surface area contributed by atoms with Crippen LogP contribution in [-0.4, -0.2) is 11.9 Å². The number of benzene rings is 1. The maximum absolute atomic E-state index is 9.16. The Labute approximate surface area is 76.1 Å². The first-order valence-electron chi connectivity index (χ1n) is 3.23. The van der Waals surface area contributed by atoms with Gasteiger partial charge in [-0.2, -0.15) is 0 Å². The molecule has 4 heteroatoms. The second-order valence-electron chi connectivity index (χ2n) is 2.38. The lowest BCUT2D eigenvalue weighted by Crippen LogP contribution is -2.25. The Kier molecular flexibility index (Phi) is 2.82. The Morgan fingerprint density at radius 2 is 1.64 bits per heavy atom. The Balaban J connectivity index is 3.08. The summed E-state index contributed by atoms with van der Waals surface area (Å²) >= 11 is 11.4. The summed E-state index contributed by atoms with van der Waals surface area (Å²) in [5.74, 6) is 0. The largest absolute Gasteiger partial charge is 0.446 e. The van der Waals surface area contributed by atoms with E-state index in [1.807, 2.05) is 0 Å². The molecule has 1 aromatic carbocycles. The predicted octanol–water partition coefficient (Wildman–Crippen LogP) is 1.81. The summed E-state index contributed by atoms with van der Waals surface area (Å²) in [6.45, 7) is 1.15. The van der Waals surface area contributed by atoms with E-state index in [-0.39, 0.29) is 0 Å². The summed E-state index contributed by atoms with van der Waals surface area (Å²) in [6.07, 6.45) is 0. The molecule has 1 N–H and O–H groups in total. The Morgan fingerprint density at radius 3 is 2.00 bits per heavy atom. The molecular weight excluding hydrogens is 182 g/mol. The van der Waals surface area contributed by atoms with Gasteiger partial charge in [0.05, 0.1) is 0 Å². The van der Waals surface area contributed by atoms with Crippen molar-refractivity contribution < 1.29 is 5.02 Å². The topological polar surface area (TPSA) is 20.2 Å². The minimum absolute atomic E-state index is 0.522. The van der Waals surface area contributed by atoms with Gasteiger partial charge in [-0.1, -0.05) is 30.0 Å². The second kappa shape index (κ2) is 3.48. The van der Waals surface area contributed by atoms with Crippen molar-refractivity contribution in [2.45, 2.75) is 6.82 Å². The van der Waals surface area contributed by atoms with Crippen LogP contribution in [0.15, 0.2) is 18.2 Å². The van der Waals surface area contributed by atoms with Crippen LogP contribution in [-0.2, 0) is 0 Å². The van der Waals surface area contributed by atoms with E-state index in [2.05, 4.69) is 0 Å². The molecule has 58 valence electrons. The molecule has 1 nitrogen and oxygen atoms in total. The van der Waals surface area contributed by atoms with Crippen LogP contribution in [0.25, 0.3) is 0 Å². The van der Waals surface area contributed by atoms with Crippen molar-refractivity contribution in [3.8, 4) is 0 Å². The van der Waals surface area contributed by atoms with Crippen molar-refractivity contribution in [1.82, 2.24) is 0 Å². The second-order valence-corrected chi connectivity index (χ2v) is 3.25. The molecule has 0 aliphatic carbocycles. The van der Waals surface area contributed by atoms with Gasteiger partial charge in [0.25, 0.3) is 0 Å². The molecule has 1 aromatic rings. The highest BCUT2D eigenvalue weighted by Gasteiger charge is 2.07. The molecule has 0 spiro atoms. The van der Waals surface area contributed by atoms with E-state index >= 15 is 0 Å². The van der Waals surface area contributed by atoms with Crippen LogP contribution in [0.2, 0.25) is 16.9 Å². The van der Waals surface area contributed by atoms with Crippen molar-refractivity contribution >= 4 is 35.6 Å². The zero-order chi connectivity index (χ0) is 8.43. The quantitative estimate of drug-likeness (QED) is 0.667. The Bertz CT molecular complexity index is 242. The van der Waals surface area contributed by atoms with Crippen LogP contribution in [0, 0.1) is 0 Å².